The normalized spacial score (nSPS) is 16.1. The highest BCUT2D eigenvalue weighted by molar-refractivity contribution is 5.96. The fraction of sp³-hybridized carbons (Fsp3) is 0.350. The molecule has 0 saturated carbocycles. The number of rotatable bonds is 6. The Balaban J connectivity index is 1.46. The summed E-state index contributed by atoms with van der Waals surface area (Å²) >= 11 is 0. The number of nitrogens with zero attached hydrogens (tertiary/aromatic N) is 1. The molecule has 1 saturated heterocycles. The molecule has 148 valence electrons. The SMILES string of the molecule is Cc1ccc(C(=O)NCCNC(=O)C2CCCN2C(=O)c2ccco2)cc1F. The maximum absolute atomic E-state index is 13.5. The lowest BCUT2D eigenvalue weighted by Gasteiger charge is -2.23. The minimum Gasteiger partial charge on any atom is -0.459 e. The number of nitrogens with one attached hydrogen (secondary N) is 2. The maximum atomic E-state index is 13.5. The summed E-state index contributed by atoms with van der Waals surface area (Å²) in [6, 6.07) is 6.90. The average molecular weight is 387 g/mol. The molecule has 0 aliphatic carbocycles. The van der Waals surface area contributed by atoms with E-state index < -0.39 is 17.8 Å². The van der Waals surface area contributed by atoms with Crippen molar-refractivity contribution in [3.63, 3.8) is 0 Å². The van der Waals surface area contributed by atoms with Gasteiger partial charge in [0.15, 0.2) is 5.76 Å². The van der Waals surface area contributed by atoms with Crippen LogP contribution in [0, 0.1) is 12.7 Å². The Bertz CT molecular complexity index is 866. The highest BCUT2D eigenvalue weighted by Crippen LogP contribution is 2.20. The molecule has 3 rings (SSSR count). The van der Waals surface area contributed by atoms with Crippen molar-refractivity contribution in [1.82, 2.24) is 15.5 Å². The number of halogens is 1. The van der Waals surface area contributed by atoms with Crippen LogP contribution in [0.3, 0.4) is 0 Å². The van der Waals surface area contributed by atoms with Gasteiger partial charge < -0.3 is 20.0 Å². The van der Waals surface area contributed by atoms with Crippen LogP contribution in [0.4, 0.5) is 4.39 Å². The van der Waals surface area contributed by atoms with E-state index in [4.69, 9.17) is 4.42 Å². The van der Waals surface area contributed by atoms with E-state index in [0.29, 0.717) is 18.5 Å². The molecule has 1 aromatic carbocycles. The molecule has 2 aromatic rings. The first kappa shape index (κ1) is 19.6. The molecule has 1 aliphatic rings. The fourth-order valence-corrected chi connectivity index (χ4v) is 3.14. The summed E-state index contributed by atoms with van der Waals surface area (Å²) in [5, 5.41) is 5.36. The second-order valence-corrected chi connectivity index (χ2v) is 6.64. The number of benzene rings is 1. The molecule has 2 heterocycles. The third kappa shape index (κ3) is 4.39. The summed E-state index contributed by atoms with van der Waals surface area (Å²) in [6.45, 7) is 2.51. The van der Waals surface area contributed by atoms with Crippen molar-refractivity contribution >= 4 is 17.7 Å². The molecular weight excluding hydrogens is 365 g/mol. The first-order chi connectivity index (χ1) is 13.5. The van der Waals surface area contributed by atoms with Crippen LogP contribution in [0.2, 0.25) is 0 Å². The van der Waals surface area contributed by atoms with Crippen molar-refractivity contribution in [2.24, 2.45) is 0 Å². The van der Waals surface area contributed by atoms with Gasteiger partial charge in [0.05, 0.1) is 6.26 Å². The summed E-state index contributed by atoms with van der Waals surface area (Å²) in [5.41, 5.74) is 0.689. The van der Waals surface area contributed by atoms with Crippen LogP contribution < -0.4 is 10.6 Å². The van der Waals surface area contributed by atoms with Gasteiger partial charge in [-0.15, -0.1) is 0 Å². The van der Waals surface area contributed by atoms with Crippen molar-refractivity contribution in [2.75, 3.05) is 19.6 Å². The molecule has 1 fully saturated rings. The van der Waals surface area contributed by atoms with Crippen molar-refractivity contribution in [1.29, 1.82) is 0 Å². The van der Waals surface area contributed by atoms with Gasteiger partial charge in [-0.3, -0.25) is 14.4 Å². The molecular formula is C20H22FN3O4. The third-order valence-electron chi connectivity index (χ3n) is 4.69. The minimum atomic E-state index is -0.556. The van der Waals surface area contributed by atoms with Crippen molar-refractivity contribution in [2.45, 2.75) is 25.8 Å². The zero-order valence-corrected chi connectivity index (χ0v) is 15.5. The first-order valence-corrected chi connectivity index (χ1v) is 9.14. The molecule has 1 unspecified atom stereocenters. The minimum absolute atomic E-state index is 0.193. The number of hydrogen-bond acceptors (Lipinski definition) is 4. The second kappa shape index (κ2) is 8.69. The molecule has 1 aromatic heterocycles. The quantitative estimate of drug-likeness (QED) is 0.741. The fourth-order valence-electron chi connectivity index (χ4n) is 3.14. The molecule has 0 radical (unpaired) electrons. The van der Waals surface area contributed by atoms with Gasteiger partial charge in [-0.2, -0.15) is 0 Å². The predicted octanol–water partition coefficient (Wildman–Crippen LogP) is 1.88. The zero-order chi connectivity index (χ0) is 20.1. The van der Waals surface area contributed by atoms with Gasteiger partial charge >= 0.3 is 0 Å². The number of aryl methyl sites for hydroxylation is 1. The third-order valence-corrected chi connectivity index (χ3v) is 4.69. The zero-order valence-electron chi connectivity index (χ0n) is 15.5. The van der Waals surface area contributed by atoms with Gasteiger partial charge in [0.1, 0.15) is 11.9 Å². The van der Waals surface area contributed by atoms with Crippen LogP contribution in [-0.2, 0) is 4.79 Å². The van der Waals surface area contributed by atoms with Crippen molar-refractivity contribution in [3.8, 4) is 0 Å². The first-order valence-electron chi connectivity index (χ1n) is 9.14. The summed E-state index contributed by atoms with van der Waals surface area (Å²) in [5.74, 6) is -1.23. The van der Waals surface area contributed by atoms with E-state index in [2.05, 4.69) is 10.6 Å². The van der Waals surface area contributed by atoms with Gasteiger partial charge in [-0.1, -0.05) is 6.07 Å². The number of likely N-dealkylation sites (tertiary alicyclic amines) is 1. The van der Waals surface area contributed by atoms with Crippen molar-refractivity contribution in [3.05, 3.63) is 59.3 Å². The monoisotopic (exact) mass is 387 g/mol. The summed E-state index contributed by atoms with van der Waals surface area (Å²) in [6.07, 6.45) is 2.73. The Morgan fingerprint density at radius 1 is 1.21 bits per heavy atom. The molecule has 8 heteroatoms. The average Bonchev–Trinajstić information content (AvgIpc) is 3.38. The molecule has 2 N–H and O–H groups in total. The van der Waals surface area contributed by atoms with Gasteiger partial charge in [-0.25, -0.2) is 4.39 Å². The van der Waals surface area contributed by atoms with E-state index >= 15 is 0 Å². The van der Waals surface area contributed by atoms with E-state index in [1.165, 1.54) is 23.3 Å². The molecule has 0 spiro atoms. The smallest absolute Gasteiger partial charge is 0.290 e. The van der Waals surface area contributed by atoms with E-state index in [1.54, 1.807) is 25.1 Å². The maximum Gasteiger partial charge on any atom is 0.290 e. The molecule has 0 bridgehead atoms. The van der Waals surface area contributed by atoms with Gasteiger partial charge in [-0.05, 0) is 49.6 Å². The van der Waals surface area contributed by atoms with Gasteiger partial charge in [0.25, 0.3) is 11.8 Å². The predicted molar refractivity (Wildman–Crippen MR) is 99.2 cm³/mol. The lowest BCUT2D eigenvalue weighted by atomic mass is 10.1. The Hall–Kier alpha value is -3.16. The molecule has 7 nitrogen and oxygen atoms in total. The van der Waals surface area contributed by atoms with E-state index in [0.717, 1.165) is 6.42 Å². The van der Waals surface area contributed by atoms with Crippen LogP contribution in [0.5, 0.6) is 0 Å². The highest BCUT2D eigenvalue weighted by Gasteiger charge is 2.35. The van der Waals surface area contributed by atoms with Gasteiger partial charge in [0.2, 0.25) is 5.91 Å². The molecule has 1 atom stereocenters. The lowest BCUT2D eigenvalue weighted by molar-refractivity contribution is -0.124. The van der Waals surface area contributed by atoms with Crippen LogP contribution >= 0.6 is 0 Å². The van der Waals surface area contributed by atoms with E-state index in [-0.39, 0.29) is 36.2 Å². The Morgan fingerprint density at radius 3 is 2.71 bits per heavy atom. The van der Waals surface area contributed by atoms with E-state index in [9.17, 15) is 18.8 Å². The lowest BCUT2D eigenvalue weighted by Crippen LogP contribution is -2.47. The van der Waals surface area contributed by atoms with Crippen LogP contribution in [0.15, 0.2) is 41.0 Å². The van der Waals surface area contributed by atoms with Crippen LogP contribution in [-0.4, -0.2) is 48.3 Å². The molecule has 1 aliphatic heterocycles. The molecule has 28 heavy (non-hydrogen) atoms. The molecule has 3 amide bonds. The largest absolute Gasteiger partial charge is 0.459 e. The van der Waals surface area contributed by atoms with Crippen LogP contribution in [0.1, 0.15) is 39.3 Å². The van der Waals surface area contributed by atoms with E-state index in [1.807, 2.05) is 0 Å². The number of amides is 3. The summed E-state index contributed by atoms with van der Waals surface area (Å²) in [7, 11) is 0. The highest BCUT2D eigenvalue weighted by atomic mass is 19.1. The second-order valence-electron chi connectivity index (χ2n) is 6.64. The topological polar surface area (TPSA) is 91.7 Å². The van der Waals surface area contributed by atoms with Gasteiger partial charge in [0, 0.05) is 25.2 Å². The number of carbonyl (C=O) groups is 3. The standard InChI is InChI=1S/C20H22FN3O4/c1-13-6-7-14(12-15(13)21)18(25)22-8-9-23-19(26)16-4-2-10-24(16)20(27)17-5-3-11-28-17/h3,5-7,11-12,16H,2,4,8-10H2,1H3,(H,22,25)(H,23,26). The Kier molecular flexibility index (Phi) is 6.08. The number of furan rings is 1. The number of hydrogen-bond donors (Lipinski definition) is 2. The van der Waals surface area contributed by atoms with Crippen molar-refractivity contribution < 1.29 is 23.2 Å². The summed E-state index contributed by atoms with van der Waals surface area (Å²) in [4.78, 5) is 38.4. The summed E-state index contributed by atoms with van der Waals surface area (Å²) < 4.78 is 18.7. The van der Waals surface area contributed by atoms with Crippen LogP contribution in [0.25, 0.3) is 0 Å². The Labute approximate surface area is 161 Å². The Morgan fingerprint density at radius 2 is 2.00 bits per heavy atom. The number of carbonyl (C=O) groups excluding carboxylic acids is 3.